The highest BCUT2D eigenvalue weighted by Gasteiger charge is 2.29. The van der Waals surface area contributed by atoms with Crippen LogP contribution in [0.2, 0.25) is 0 Å². The van der Waals surface area contributed by atoms with Gasteiger partial charge in [-0.05, 0) is 31.9 Å². The van der Waals surface area contributed by atoms with Crippen LogP contribution in [0.4, 0.5) is 11.4 Å². The van der Waals surface area contributed by atoms with E-state index >= 15 is 0 Å². The number of nitro benzene ring substituents is 1. The molecule has 10 nitrogen and oxygen atoms in total. The Bertz CT molecular complexity index is 910. The van der Waals surface area contributed by atoms with Gasteiger partial charge in [-0.3, -0.25) is 15.2 Å². The normalized spacial score (nSPS) is 18.3. The van der Waals surface area contributed by atoms with Gasteiger partial charge in [-0.15, -0.1) is 0 Å². The molecule has 0 bridgehead atoms. The minimum atomic E-state index is -4.00. The van der Waals surface area contributed by atoms with Crippen molar-refractivity contribution < 1.29 is 13.3 Å². The second kappa shape index (κ2) is 6.41. The first-order valence-corrected chi connectivity index (χ1v) is 9.25. The summed E-state index contributed by atoms with van der Waals surface area (Å²) in [7, 11) is -4.00. The van der Waals surface area contributed by atoms with Crippen molar-refractivity contribution >= 4 is 21.4 Å². The number of benzene rings is 1. The summed E-state index contributed by atoms with van der Waals surface area (Å²) in [6.45, 7) is 2.97. The summed E-state index contributed by atoms with van der Waals surface area (Å²) in [5.41, 5.74) is 0.0905. The van der Waals surface area contributed by atoms with E-state index in [1.165, 1.54) is 12.1 Å². The third kappa shape index (κ3) is 3.61. The molecule has 2 aromatic rings. The van der Waals surface area contributed by atoms with Gasteiger partial charge in [-0.1, -0.05) is 0 Å². The van der Waals surface area contributed by atoms with Gasteiger partial charge in [-0.2, -0.15) is 5.10 Å². The van der Waals surface area contributed by atoms with Gasteiger partial charge in [0.1, 0.15) is 11.5 Å². The Morgan fingerprint density at radius 2 is 2.20 bits per heavy atom. The Labute approximate surface area is 144 Å². The van der Waals surface area contributed by atoms with Crippen LogP contribution in [0.1, 0.15) is 30.4 Å². The zero-order chi connectivity index (χ0) is 18.2. The predicted molar refractivity (Wildman–Crippen MR) is 89.8 cm³/mol. The summed E-state index contributed by atoms with van der Waals surface area (Å²) >= 11 is 0. The molecule has 1 aromatic heterocycles. The zero-order valence-corrected chi connectivity index (χ0v) is 14.4. The average molecular weight is 366 g/mol. The number of nitro groups is 1. The van der Waals surface area contributed by atoms with E-state index in [2.05, 4.69) is 15.2 Å². The molecule has 1 atom stereocenters. The maximum atomic E-state index is 11.5. The topological polar surface area (TPSA) is 148 Å². The number of H-pyrrole nitrogens is 1. The summed E-state index contributed by atoms with van der Waals surface area (Å²) in [5.74, 6) is 1.46. The highest BCUT2D eigenvalue weighted by molar-refractivity contribution is 7.89. The lowest BCUT2D eigenvalue weighted by Crippen LogP contribution is -2.35. The summed E-state index contributed by atoms with van der Waals surface area (Å²) in [5, 5.41) is 23.5. The van der Waals surface area contributed by atoms with Crippen molar-refractivity contribution in [2.24, 2.45) is 5.14 Å². The number of primary sulfonamides is 1. The Morgan fingerprint density at radius 1 is 1.44 bits per heavy atom. The van der Waals surface area contributed by atoms with Crippen molar-refractivity contribution in [2.45, 2.75) is 30.6 Å². The Hall–Kier alpha value is -2.53. The molecule has 11 heteroatoms. The van der Waals surface area contributed by atoms with Crippen LogP contribution >= 0.6 is 0 Å². The number of hydrogen-bond acceptors (Lipinski definition) is 7. The van der Waals surface area contributed by atoms with Crippen LogP contribution in [-0.4, -0.2) is 41.6 Å². The van der Waals surface area contributed by atoms with Crippen LogP contribution < -0.4 is 10.0 Å². The van der Waals surface area contributed by atoms with Gasteiger partial charge in [0.25, 0.3) is 5.69 Å². The number of hydrogen-bond donors (Lipinski definition) is 2. The molecule has 0 amide bonds. The van der Waals surface area contributed by atoms with Crippen molar-refractivity contribution in [3.63, 3.8) is 0 Å². The molecule has 1 saturated heterocycles. The van der Waals surface area contributed by atoms with Crippen molar-refractivity contribution in [2.75, 3.05) is 18.0 Å². The van der Waals surface area contributed by atoms with Crippen molar-refractivity contribution in [1.82, 2.24) is 15.2 Å². The van der Waals surface area contributed by atoms with Gasteiger partial charge in [0.05, 0.1) is 9.82 Å². The third-order valence-corrected chi connectivity index (χ3v) is 5.12. The maximum Gasteiger partial charge on any atom is 0.293 e. The molecule has 1 unspecified atom stereocenters. The van der Waals surface area contributed by atoms with Gasteiger partial charge in [0.15, 0.2) is 5.82 Å². The number of sulfonamides is 1. The van der Waals surface area contributed by atoms with Crippen LogP contribution in [0.3, 0.4) is 0 Å². The number of nitrogens with two attached hydrogens (primary N) is 1. The Morgan fingerprint density at radius 3 is 2.80 bits per heavy atom. The number of aryl methyl sites for hydroxylation is 1. The lowest BCUT2D eigenvalue weighted by molar-refractivity contribution is -0.384. The number of rotatable bonds is 4. The molecule has 1 fully saturated rings. The van der Waals surface area contributed by atoms with Crippen LogP contribution in [0.15, 0.2) is 23.1 Å². The van der Waals surface area contributed by atoms with Gasteiger partial charge >= 0.3 is 0 Å². The summed E-state index contributed by atoms with van der Waals surface area (Å²) in [4.78, 5) is 16.8. The fourth-order valence-electron chi connectivity index (χ4n) is 3.04. The molecular weight excluding hydrogens is 348 g/mol. The van der Waals surface area contributed by atoms with E-state index in [9.17, 15) is 18.5 Å². The predicted octanol–water partition coefficient (Wildman–Crippen LogP) is 1.05. The molecule has 3 N–H and O–H groups in total. The van der Waals surface area contributed by atoms with E-state index < -0.39 is 14.9 Å². The lowest BCUT2D eigenvalue weighted by Gasteiger charge is -2.32. The minimum Gasteiger partial charge on any atom is -0.365 e. The van der Waals surface area contributed by atoms with Crippen molar-refractivity contribution in [1.29, 1.82) is 0 Å². The van der Waals surface area contributed by atoms with Crippen LogP contribution in [0.25, 0.3) is 0 Å². The third-order valence-electron chi connectivity index (χ3n) is 4.21. The number of piperidine rings is 1. The molecule has 3 rings (SSSR count). The number of aromatic amines is 1. The maximum absolute atomic E-state index is 11.5. The number of nitrogens with one attached hydrogen (secondary N) is 1. The Balaban J connectivity index is 1.93. The highest BCUT2D eigenvalue weighted by atomic mass is 32.2. The molecule has 2 heterocycles. The molecule has 0 saturated carbocycles. The lowest BCUT2D eigenvalue weighted by atomic mass is 9.96. The van der Waals surface area contributed by atoms with Gasteiger partial charge in [-0.25, -0.2) is 18.5 Å². The highest BCUT2D eigenvalue weighted by Crippen LogP contribution is 2.35. The summed E-state index contributed by atoms with van der Waals surface area (Å²) in [6.07, 6.45) is 1.71. The molecule has 25 heavy (non-hydrogen) atoms. The van der Waals surface area contributed by atoms with Crippen LogP contribution in [0, 0.1) is 17.0 Å². The quantitative estimate of drug-likeness (QED) is 0.607. The molecule has 1 aliphatic heterocycles. The first-order valence-electron chi connectivity index (χ1n) is 7.71. The van der Waals surface area contributed by atoms with Gasteiger partial charge < -0.3 is 4.90 Å². The SMILES string of the molecule is Cc1nc(C2CCCN(c3ccc(S(N)(=O)=O)cc3[N+](=O)[O-])C2)n[nH]1. The van der Waals surface area contributed by atoms with E-state index in [1.54, 1.807) is 0 Å². The van der Waals surface area contributed by atoms with E-state index in [4.69, 9.17) is 5.14 Å². The number of anilines is 1. The molecular formula is C14H18N6O4S. The fourth-order valence-corrected chi connectivity index (χ4v) is 3.58. The minimum absolute atomic E-state index is 0.0521. The van der Waals surface area contributed by atoms with Crippen LogP contribution in [0.5, 0.6) is 0 Å². The first-order chi connectivity index (χ1) is 11.8. The van der Waals surface area contributed by atoms with E-state index in [0.29, 0.717) is 24.6 Å². The largest absolute Gasteiger partial charge is 0.365 e. The summed E-state index contributed by atoms with van der Waals surface area (Å²) < 4.78 is 22.9. The van der Waals surface area contributed by atoms with E-state index in [-0.39, 0.29) is 16.5 Å². The summed E-state index contributed by atoms with van der Waals surface area (Å²) in [6, 6.07) is 3.73. The number of aromatic nitrogens is 3. The van der Waals surface area contributed by atoms with E-state index in [0.717, 1.165) is 24.7 Å². The molecule has 0 radical (unpaired) electrons. The van der Waals surface area contributed by atoms with Crippen LogP contribution in [-0.2, 0) is 10.0 Å². The molecule has 0 spiro atoms. The molecule has 134 valence electrons. The van der Waals surface area contributed by atoms with Gasteiger partial charge in [0, 0.05) is 25.1 Å². The Kier molecular flexibility index (Phi) is 4.43. The second-order valence-corrected chi connectivity index (χ2v) is 7.58. The number of nitrogens with zero attached hydrogens (tertiary/aromatic N) is 4. The molecule has 1 aromatic carbocycles. The zero-order valence-electron chi connectivity index (χ0n) is 13.5. The standard InChI is InChI=1S/C14H18N6O4S/c1-9-16-14(18-17-9)10-3-2-6-19(8-10)12-5-4-11(25(15,23)24)7-13(12)20(21)22/h4-5,7,10H,2-3,6,8H2,1H3,(H2,15,23,24)(H,16,17,18). The van der Waals surface area contributed by atoms with Gasteiger partial charge in [0.2, 0.25) is 10.0 Å². The van der Waals surface area contributed by atoms with Crippen molar-refractivity contribution in [3.8, 4) is 0 Å². The fraction of sp³-hybridized carbons (Fsp3) is 0.429. The average Bonchev–Trinajstić information content (AvgIpc) is 3.00. The second-order valence-electron chi connectivity index (χ2n) is 6.02. The van der Waals surface area contributed by atoms with E-state index in [1.807, 2.05) is 11.8 Å². The smallest absolute Gasteiger partial charge is 0.293 e. The monoisotopic (exact) mass is 366 g/mol. The molecule has 1 aliphatic rings. The molecule has 0 aliphatic carbocycles. The van der Waals surface area contributed by atoms with Crippen molar-refractivity contribution in [3.05, 3.63) is 40.0 Å². The first kappa shape index (κ1) is 17.3.